The number of nitrogens with zero attached hydrogens (tertiary/aromatic N) is 6. The van der Waals surface area contributed by atoms with E-state index in [1.54, 1.807) is 50.7 Å². The molecule has 1 aromatic heterocycles. The molecule has 15 atom stereocenters. The number of nitro benzene ring substituents is 1. The number of carbonyl (C=O) groups is 2. The molecule has 20 nitrogen and oxygen atoms in total. The number of ketones is 1. The van der Waals surface area contributed by atoms with Gasteiger partial charge in [0.15, 0.2) is 12.1 Å². The number of hydrogen-bond acceptors (Lipinski definition) is 18. The van der Waals surface area contributed by atoms with E-state index < -0.39 is 94.3 Å². The Kier molecular flexibility index (Phi) is 18.4. The van der Waals surface area contributed by atoms with Gasteiger partial charge in [0, 0.05) is 75.2 Å². The van der Waals surface area contributed by atoms with Crippen LogP contribution in [0.1, 0.15) is 98.4 Å². The van der Waals surface area contributed by atoms with Gasteiger partial charge in [0.25, 0.3) is 5.69 Å². The number of carbonyl (C=O) groups excluding carboxylic acids is 2. The van der Waals surface area contributed by atoms with Gasteiger partial charge in [-0.2, -0.15) is 0 Å². The average molecular weight is 932 g/mol. The predicted molar refractivity (Wildman–Crippen MR) is 241 cm³/mol. The van der Waals surface area contributed by atoms with Gasteiger partial charge in [-0.15, -0.1) is 5.10 Å². The van der Waals surface area contributed by atoms with Gasteiger partial charge in [0.2, 0.25) is 0 Å². The molecular formula is C46H73N7O13. The maximum Gasteiger partial charge on any atom is 0.316 e. The first-order chi connectivity index (χ1) is 31.1. The number of benzene rings is 1. The van der Waals surface area contributed by atoms with Gasteiger partial charge in [0.05, 0.1) is 52.9 Å². The fourth-order valence-electron chi connectivity index (χ4n) is 9.72. The standard InChI is InChI=1S/C46H73N7O13/c1-11-37-46(8,59)41(57)28(4)38(49-66-35-16-18-47-23-35)26(2)22-45(7,62-10)42(29(5)39(55)30(6)43(58)64-37)65-44-40(56)36(20-27(3)63-44)51(9)19-17-32-24-52(50-48-32)34(25-54)21-31-12-14-33(15-13-31)53(60)61/h12-15,24,26-30,34-37,40-42,44,47,54,56-57,59H,11,16-23,25H2,1-10H3/b49-38+/t26-,27-,28+,29+,30-,34+,35+,36+,37-,40-,41-,42-,44+,45-,46-/m1/s1. The van der Waals surface area contributed by atoms with Gasteiger partial charge >= 0.3 is 5.97 Å². The second kappa shape index (κ2) is 22.9. The van der Waals surface area contributed by atoms with Gasteiger partial charge in [-0.1, -0.05) is 50.2 Å². The number of non-ortho nitro benzene ring substituents is 1. The number of ether oxygens (including phenoxy) is 4. The molecule has 0 amide bonds. The first-order valence-corrected chi connectivity index (χ1v) is 23.2. The van der Waals surface area contributed by atoms with E-state index in [2.05, 4.69) is 20.8 Å². The maximum atomic E-state index is 14.4. The molecule has 66 heavy (non-hydrogen) atoms. The molecule has 20 heteroatoms. The lowest BCUT2D eigenvalue weighted by Gasteiger charge is -2.47. The summed E-state index contributed by atoms with van der Waals surface area (Å²) in [6.45, 7) is 15.1. The highest BCUT2D eigenvalue weighted by molar-refractivity contribution is 6.00. The lowest BCUT2D eigenvalue weighted by molar-refractivity contribution is -0.384. The Morgan fingerprint density at radius 2 is 1.82 bits per heavy atom. The number of aliphatic hydroxyl groups excluding tert-OH is 3. The van der Waals surface area contributed by atoms with Crippen LogP contribution >= 0.6 is 0 Å². The van der Waals surface area contributed by atoms with Crippen molar-refractivity contribution in [1.29, 1.82) is 0 Å². The zero-order valence-electron chi connectivity index (χ0n) is 40.1. The van der Waals surface area contributed by atoms with E-state index in [-0.39, 0.29) is 37.3 Å². The Labute approximate surface area is 387 Å². The Bertz CT molecular complexity index is 1940. The number of Topliss-reactive ketones (excluding diaryl/α,β-unsaturated/α-hetero) is 1. The largest absolute Gasteiger partial charge is 0.459 e. The number of esters is 1. The summed E-state index contributed by atoms with van der Waals surface area (Å²) in [4.78, 5) is 46.8. The van der Waals surface area contributed by atoms with Crippen LogP contribution in [0.25, 0.3) is 0 Å². The monoisotopic (exact) mass is 932 g/mol. The molecule has 0 unspecified atom stereocenters. The molecule has 2 aromatic rings. The van der Waals surface area contributed by atoms with Crippen LogP contribution in [0.4, 0.5) is 5.69 Å². The van der Waals surface area contributed by atoms with Crippen LogP contribution in [0.2, 0.25) is 0 Å². The number of oxime groups is 1. The summed E-state index contributed by atoms with van der Waals surface area (Å²) >= 11 is 0. The molecule has 0 spiro atoms. The van der Waals surface area contributed by atoms with Gasteiger partial charge in [-0.05, 0) is 72.5 Å². The zero-order chi connectivity index (χ0) is 48.7. The zero-order valence-corrected chi connectivity index (χ0v) is 40.1. The molecule has 3 aliphatic rings. The highest BCUT2D eigenvalue weighted by atomic mass is 16.7. The second-order valence-corrected chi connectivity index (χ2v) is 19.1. The van der Waals surface area contributed by atoms with E-state index in [0.29, 0.717) is 43.8 Å². The summed E-state index contributed by atoms with van der Waals surface area (Å²) in [6.07, 6.45) is -2.65. The Balaban J connectivity index is 1.38. The highest BCUT2D eigenvalue weighted by Crippen LogP contribution is 2.39. The summed E-state index contributed by atoms with van der Waals surface area (Å²) in [5.41, 5.74) is -1.36. The minimum Gasteiger partial charge on any atom is -0.459 e. The number of rotatable bonds is 15. The molecule has 370 valence electrons. The van der Waals surface area contributed by atoms with E-state index in [1.165, 1.54) is 33.1 Å². The van der Waals surface area contributed by atoms with Crippen LogP contribution in [-0.4, -0.2) is 163 Å². The molecule has 4 heterocycles. The summed E-state index contributed by atoms with van der Waals surface area (Å²) in [6, 6.07) is 5.24. The number of likely N-dealkylation sites (N-methyl/N-ethyl adjacent to an activating group) is 1. The van der Waals surface area contributed by atoms with Crippen LogP contribution in [0, 0.1) is 33.8 Å². The summed E-state index contributed by atoms with van der Waals surface area (Å²) in [7, 11) is 3.38. The van der Waals surface area contributed by atoms with E-state index >= 15 is 0 Å². The van der Waals surface area contributed by atoms with Crippen molar-refractivity contribution in [2.24, 2.45) is 28.8 Å². The van der Waals surface area contributed by atoms with Crippen LogP contribution < -0.4 is 5.32 Å². The number of nitro groups is 1. The van der Waals surface area contributed by atoms with Crippen molar-refractivity contribution in [1.82, 2.24) is 25.2 Å². The Morgan fingerprint density at radius 3 is 2.42 bits per heavy atom. The van der Waals surface area contributed by atoms with Gasteiger partial charge in [-0.25, -0.2) is 4.68 Å². The molecule has 0 aliphatic carbocycles. The minimum absolute atomic E-state index is 0.0200. The average Bonchev–Trinajstić information content (AvgIpc) is 4.01. The maximum absolute atomic E-state index is 14.4. The Morgan fingerprint density at radius 1 is 1.12 bits per heavy atom. The normalized spacial score (nSPS) is 36.3. The van der Waals surface area contributed by atoms with Crippen LogP contribution in [0.15, 0.2) is 35.6 Å². The third-order valence-electron chi connectivity index (χ3n) is 14.1. The number of nitrogens with one attached hydrogen (secondary N) is 1. The van der Waals surface area contributed by atoms with Crippen LogP contribution in [0.5, 0.6) is 0 Å². The molecule has 1 aromatic carbocycles. The topological polar surface area (TPSA) is 263 Å². The van der Waals surface area contributed by atoms with Crippen molar-refractivity contribution in [2.75, 3.05) is 40.4 Å². The van der Waals surface area contributed by atoms with Crippen molar-refractivity contribution in [3.63, 3.8) is 0 Å². The van der Waals surface area contributed by atoms with Crippen LogP contribution in [-0.2, 0) is 46.2 Å². The first-order valence-electron chi connectivity index (χ1n) is 23.2. The Hall–Kier alpha value is -3.99. The minimum atomic E-state index is -1.93. The molecule has 3 aliphatic heterocycles. The first kappa shape index (κ1) is 53.0. The lowest BCUT2D eigenvalue weighted by Crippen LogP contribution is -2.60. The molecule has 0 saturated carbocycles. The van der Waals surface area contributed by atoms with E-state index in [4.69, 9.17) is 23.8 Å². The lowest BCUT2D eigenvalue weighted by atomic mass is 9.74. The molecule has 0 bridgehead atoms. The van der Waals surface area contributed by atoms with Crippen molar-refractivity contribution in [3.8, 4) is 0 Å². The summed E-state index contributed by atoms with van der Waals surface area (Å²) in [5, 5.41) is 73.5. The quantitative estimate of drug-likeness (QED) is 0.0744. The van der Waals surface area contributed by atoms with Crippen molar-refractivity contribution in [3.05, 3.63) is 51.8 Å². The fraction of sp³-hybridized carbons (Fsp3) is 0.761. The smallest absolute Gasteiger partial charge is 0.316 e. The number of aliphatic hydroxyl groups is 4. The van der Waals surface area contributed by atoms with E-state index in [1.807, 2.05) is 25.8 Å². The second-order valence-electron chi connectivity index (χ2n) is 19.1. The molecule has 0 radical (unpaired) electrons. The predicted octanol–water partition coefficient (Wildman–Crippen LogP) is 2.78. The van der Waals surface area contributed by atoms with E-state index in [9.17, 15) is 40.1 Å². The van der Waals surface area contributed by atoms with Crippen LogP contribution in [0.3, 0.4) is 0 Å². The molecule has 5 rings (SSSR count). The van der Waals surface area contributed by atoms with Gasteiger partial charge in [-0.3, -0.25) is 19.7 Å². The molecule has 3 fully saturated rings. The van der Waals surface area contributed by atoms with Gasteiger partial charge in [0.1, 0.15) is 29.8 Å². The third-order valence-corrected chi connectivity index (χ3v) is 14.1. The number of methoxy groups -OCH3 is 1. The van der Waals surface area contributed by atoms with Gasteiger partial charge < -0.3 is 54.4 Å². The summed E-state index contributed by atoms with van der Waals surface area (Å²) in [5.74, 6) is -4.95. The number of cyclic esters (lactones) is 1. The fourth-order valence-corrected chi connectivity index (χ4v) is 9.72. The highest BCUT2D eigenvalue weighted by Gasteiger charge is 2.52. The SMILES string of the molecule is CC[C@H]1OC(=O)[C@H](C)C(=O)[C@H](C)[C@@H](O[C@@H]2O[C@H](C)C[C@H](N(C)CCc3cn([C@H](CO)Cc4ccc([N+](=O)[O-])cc4)nn3)[C@H]2O)[C@](C)(OC)C[C@@H](C)/C(=N\O[C@H]2CCNC2)[C@H](C)[C@@H](O)[C@]1(C)O. The molecule has 3 saturated heterocycles. The number of hydrogen-bond donors (Lipinski definition) is 5. The number of aromatic nitrogens is 3. The van der Waals surface area contributed by atoms with Crippen molar-refractivity contribution in [2.45, 2.75) is 160 Å². The third kappa shape index (κ3) is 12.4. The van der Waals surface area contributed by atoms with Crippen molar-refractivity contribution >= 4 is 23.2 Å². The van der Waals surface area contributed by atoms with Crippen molar-refractivity contribution < 1.29 is 58.7 Å². The summed E-state index contributed by atoms with van der Waals surface area (Å²) < 4.78 is 26.8. The van der Waals surface area contributed by atoms with E-state index in [0.717, 1.165) is 18.5 Å². The molecule has 5 N–H and O–H groups in total. The molecular weight excluding hydrogens is 859 g/mol.